The zero-order valence-electron chi connectivity index (χ0n) is 22.6. The molecule has 0 saturated carbocycles. The third-order valence-corrected chi connectivity index (χ3v) is 6.15. The van der Waals surface area contributed by atoms with Crippen LogP contribution in [0, 0.1) is 5.92 Å². The molecule has 1 aliphatic rings. The second-order valence-electron chi connectivity index (χ2n) is 10.5. The number of rotatable bonds is 12. The minimum atomic E-state index is -1.10. The molecule has 0 unspecified atom stereocenters. The summed E-state index contributed by atoms with van der Waals surface area (Å²) in [6, 6.07) is 8.10. The molecule has 1 saturated heterocycles. The smallest absolute Gasteiger partial charge is 0.429 e. The van der Waals surface area contributed by atoms with E-state index in [0.29, 0.717) is 25.7 Å². The highest BCUT2D eigenvalue weighted by Gasteiger charge is 2.44. The average molecular weight is 519 g/mol. The third kappa shape index (κ3) is 10.1. The number of hydrazine groups is 1. The molecule has 9 nitrogen and oxygen atoms in total. The topological polar surface area (TPSA) is 113 Å². The Morgan fingerprint density at radius 1 is 1.05 bits per heavy atom. The number of benzene rings is 1. The van der Waals surface area contributed by atoms with Gasteiger partial charge in [0.25, 0.3) is 0 Å². The molecular formula is C28H42N2O7. The number of carboxylic acids is 1. The first-order valence-electron chi connectivity index (χ1n) is 13.3. The minimum Gasteiger partial charge on any atom is -0.481 e. The van der Waals surface area contributed by atoms with Gasteiger partial charge in [-0.25, -0.2) is 19.6 Å². The summed E-state index contributed by atoms with van der Waals surface area (Å²) in [6.07, 6.45) is 4.72. The SMILES string of the molecule is CCCCCCC[C@H](CC(=O)O)C(=O)N1[C@H](C(=O)OC(C)(C)C)CCCN1C(=O)OCc1ccccc1. The number of hydrogen-bond acceptors (Lipinski definition) is 6. The maximum Gasteiger partial charge on any atom is 0.429 e. The quantitative estimate of drug-likeness (QED) is 0.294. The fourth-order valence-electron chi connectivity index (χ4n) is 4.37. The highest BCUT2D eigenvalue weighted by Crippen LogP contribution is 2.28. The summed E-state index contributed by atoms with van der Waals surface area (Å²) in [4.78, 5) is 51.8. The van der Waals surface area contributed by atoms with Crippen molar-refractivity contribution in [2.24, 2.45) is 5.92 Å². The largest absolute Gasteiger partial charge is 0.481 e. The molecule has 37 heavy (non-hydrogen) atoms. The highest BCUT2D eigenvalue weighted by molar-refractivity contribution is 5.89. The Morgan fingerprint density at radius 2 is 1.73 bits per heavy atom. The summed E-state index contributed by atoms with van der Waals surface area (Å²) >= 11 is 0. The van der Waals surface area contributed by atoms with E-state index < -0.39 is 41.5 Å². The molecule has 0 bridgehead atoms. The molecule has 9 heteroatoms. The first kappa shape index (κ1) is 30.1. The van der Waals surface area contributed by atoms with Crippen molar-refractivity contribution in [3.05, 3.63) is 35.9 Å². The molecular weight excluding hydrogens is 476 g/mol. The van der Waals surface area contributed by atoms with Gasteiger partial charge < -0.3 is 14.6 Å². The average Bonchev–Trinajstić information content (AvgIpc) is 2.85. The van der Waals surface area contributed by atoms with Crippen molar-refractivity contribution >= 4 is 23.9 Å². The molecule has 1 aromatic rings. The lowest BCUT2D eigenvalue weighted by Gasteiger charge is -2.43. The Kier molecular flexibility index (Phi) is 11.9. The number of ether oxygens (including phenoxy) is 2. The van der Waals surface area contributed by atoms with Crippen LogP contribution in [0.25, 0.3) is 0 Å². The summed E-state index contributed by atoms with van der Waals surface area (Å²) in [7, 11) is 0. The molecule has 0 aliphatic carbocycles. The van der Waals surface area contributed by atoms with Crippen molar-refractivity contribution in [2.45, 2.75) is 104 Å². The van der Waals surface area contributed by atoms with E-state index >= 15 is 0 Å². The van der Waals surface area contributed by atoms with Gasteiger partial charge in [0, 0.05) is 6.54 Å². The van der Waals surface area contributed by atoms with Gasteiger partial charge in [-0.3, -0.25) is 9.59 Å². The van der Waals surface area contributed by atoms with E-state index in [2.05, 4.69) is 6.92 Å². The summed E-state index contributed by atoms with van der Waals surface area (Å²) < 4.78 is 11.1. The van der Waals surface area contributed by atoms with Crippen molar-refractivity contribution in [1.82, 2.24) is 10.0 Å². The molecule has 2 amide bonds. The first-order valence-corrected chi connectivity index (χ1v) is 13.3. The van der Waals surface area contributed by atoms with Crippen LogP contribution in [0.4, 0.5) is 4.79 Å². The van der Waals surface area contributed by atoms with E-state index in [4.69, 9.17) is 9.47 Å². The second kappa shape index (κ2) is 14.6. The predicted octanol–water partition coefficient (Wildman–Crippen LogP) is 5.32. The molecule has 0 aromatic heterocycles. The number of nitrogens with zero attached hydrogens (tertiary/aromatic N) is 2. The lowest BCUT2D eigenvalue weighted by atomic mass is 9.94. The second-order valence-corrected chi connectivity index (χ2v) is 10.5. The Hall–Kier alpha value is -3.10. The van der Waals surface area contributed by atoms with Gasteiger partial charge in [0.2, 0.25) is 5.91 Å². The Labute approximate surface area is 220 Å². The number of carboxylic acid groups (broad SMARTS) is 1. The van der Waals surface area contributed by atoms with Crippen molar-refractivity contribution in [1.29, 1.82) is 0 Å². The van der Waals surface area contributed by atoms with Crippen molar-refractivity contribution < 1.29 is 33.8 Å². The van der Waals surface area contributed by atoms with Gasteiger partial charge in [-0.1, -0.05) is 69.4 Å². The van der Waals surface area contributed by atoms with E-state index in [1.165, 1.54) is 0 Å². The van der Waals surface area contributed by atoms with Crippen LogP contribution in [-0.2, 0) is 30.5 Å². The monoisotopic (exact) mass is 518 g/mol. The van der Waals surface area contributed by atoms with Crippen molar-refractivity contribution in [2.75, 3.05) is 6.54 Å². The molecule has 1 heterocycles. The van der Waals surface area contributed by atoms with E-state index in [1.807, 2.05) is 30.3 Å². The lowest BCUT2D eigenvalue weighted by Crippen LogP contribution is -2.62. The predicted molar refractivity (Wildman–Crippen MR) is 138 cm³/mol. The lowest BCUT2D eigenvalue weighted by molar-refractivity contribution is -0.183. The fourth-order valence-corrected chi connectivity index (χ4v) is 4.37. The van der Waals surface area contributed by atoms with Gasteiger partial charge in [-0.2, -0.15) is 0 Å². The minimum absolute atomic E-state index is 0.00525. The van der Waals surface area contributed by atoms with Crippen LogP contribution < -0.4 is 0 Å². The van der Waals surface area contributed by atoms with Crippen LogP contribution in [0.15, 0.2) is 30.3 Å². The van der Waals surface area contributed by atoms with Crippen molar-refractivity contribution in [3.63, 3.8) is 0 Å². The summed E-state index contributed by atoms with van der Waals surface area (Å²) in [5.74, 6) is -3.16. The maximum atomic E-state index is 13.8. The Bertz CT molecular complexity index is 898. The van der Waals surface area contributed by atoms with Gasteiger partial charge in [0.05, 0.1) is 12.3 Å². The van der Waals surface area contributed by atoms with Gasteiger partial charge in [-0.05, 0) is 45.6 Å². The standard InChI is InChI=1S/C28H42N2O7/c1-5-6-7-8-12-16-22(19-24(31)32)25(33)30-23(26(34)37-28(2,3)4)17-13-18-29(30)27(35)36-20-21-14-10-9-11-15-21/h9-11,14-15,22-23H,5-8,12-13,16-20H2,1-4H3,(H,31,32)/t22-,23+/m1/s1. The van der Waals surface area contributed by atoms with Crippen LogP contribution in [0.3, 0.4) is 0 Å². The van der Waals surface area contributed by atoms with Crippen LogP contribution in [0.1, 0.15) is 91.0 Å². The van der Waals surface area contributed by atoms with Gasteiger partial charge in [-0.15, -0.1) is 0 Å². The molecule has 0 radical (unpaired) electrons. The molecule has 2 atom stereocenters. The van der Waals surface area contributed by atoms with Crippen LogP contribution in [0.2, 0.25) is 0 Å². The van der Waals surface area contributed by atoms with E-state index in [9.17, 15) is 24.3 Å². The molecule has 2 rings (SSSR count). The maximum absolute atomic E-state index is 13.8. The normalized spacial score (nSPS) is 16.7. The first-order chi connectivity index (χ1) is 17.5. The zero-order chi connectivity index (χ0) is 27.4. The number of amides is 2. The molecule has 1 fully saturated rings. The molecule has 206 valence electrons. The molecule has 0 spiro atoms. The number of aliphatic carboxylic acids is 1. The zero-order valence-corrected chi connectivity index (χ0v) is 22.6. The Balaban J connectivity index is 2.28. The van der Waals surface area contributed by atoms with E-state index in [-0.39, 0.29) is 19.6 Å². The molecule has 1 N–H and O–H groups in total. The van der Waals surface area contributed by atoms with E-state index in [0.717, 1.165) is 41.3 Å². The number of hydrogen-bond donors (Lipinski definition) is 1. The number of esters is 1. The van der Waals surface area contributed by atoms with Gasteiger partial charge in [0.1, 0.15) is 12.2 Å². The highest BCUT2D eigenvalue weighted by atomic mass is 16.6. The summed E-state index contributed by atoms with van der Waals surface area (Å²) in [5.41, 5.74) is -0.00739. The van der Waals surface area contributed by atoms with Crippen molar-refractivity contribution in [3.8, 4) is 0 Å². The third-order valence-electron chi connectivity index (χ3n) is 6.15. The van der Waals surface area contributed by atoms with Gasteiger partial charge >= 0.3 is 18.0 Å². The number of carbonyl (C=O) groups is 4. The van der Waals surface area contributed by atoms with E-state index in [1.54, 1.807) is 20.8 Å². The number of carbonyl (C=O) groups excluding carboxylic acids is 3. The summed E-state index contributed by atoms with van der Waals surface area (Å²) in [5, 5.41) is 11.8. The molecule has 1 aliphatic heterocycles. The Morgan fingerprint density at radius 3 is 2.35 bits per heavy atom. The molecule has 1 aromatic carbocycles. The van der Waals surface area contributed by atoms with Crippen LogP contribution in [0.5, 0.6) is 0 Å². The van der Waals surface area contributed by atoms with Crippen LogP contribution in [-0.4, -0.2) is 57.3 Å². The van der Waals surface area contributed by atoms with Crippen LogP contribution >= 0.6 is 0 Å². The number of unbranched alkanes of at least 4 members (excludes halogenated alkanes) is 4. The van der Waals surface area contributed by atoms with Gasteiger partial charge in [0.15, 0.2) is 6.04 Å². The fraction of sp³-hybridized carbons (Fsp3) is 0.643. The summed E-state index contributed by atoms with van der Waals surface area (Å²) in [6.45, 7) is 7.48.